The number of fused-ring (bicyclic) bond motifs is 1. The lowest BCUT2D eigenvalue weighted by Crippen LogP contribution is -2.41. The number of hydrogen-bond donors (Lipinski definition) is 2. The Labute approximate surface area is 170 Å². The minimum Gasteiger partial charge on any atom is -0.390 e. The maximum atomic E-state index is 14.3. The highest BCUT2D eigenvalue weighted by molar-refractivity contribution is 6.32. The van der Waals surface area contributed by atoms with Gasteiger partial charge >= 0.3 is 0 Å². The molecule has 1 heterocycles. The Kier molecular flexibility index (Phi) is 5.70. The summed E-state index contributed by atoms with van der Waals surface area (Å²) in [6, 6.07) is 5.13. The molecule has 1 aliphatic rings. The number of nitrogens with one attached hydrogen (secondary N) is 1. The molecule has 28 heavy (non-hydrogen) atoms. The molecule has 0 radical (unpaired) electrons. The summed E-state index contributed by atoms with van der Waals surface area (Å²) in [7, 11) is 0. The van der Waals surface area contributed by atoms with Crippen LogP contribution in [0.2, 0.25) is 5.02 Å². The SMILES string of the molecule is CC(C)(F)c1cc2ncc(C(=O)N[C@H]3CC[C@H](C(C)(C)O)CC3)cc2cc1Cl. The minimum absolute atomic E-state index is 0.0973. The van der Waals surface area contributed by atoms with Crippen molar-refractivity contribution < 1.29 is 14.3 Å². The first-order valence-electron chi connectivity index (χ1n) is 9.77. The summed E-state index contributed by atoms with van der Waals surface area (Å²) in [5.41, 5.74) is -0.795. The molecule has 1 aliphatic carbocycles. The lowest BCUT2D eigenvalue weighted by Gasteiger charge is -2.36. The third-order valence-electron chi connectivity index (χ3n) is 5.73. The Morgan fingerprint density at radius 1 is 1.18 bits per heavy atom. The molecule has 1 aromatic heterocycles. The van der Waals surface area contributed by atoms with E-state index < -0.39 is 11.3 Å². The summed E-state index contributed by atoms with van der Waals surface area (Å²) < 4.78 is 14.3. The second-order valence-corrected chi connectivity index (χ2v) is 9.30. The standard InChI is InChI=1S/C22H28ClFN2O2/c1-21(2,24)17-11-19-13(10-18(17)23)9-14(12-25-19)20(27)26-16-7-5-15(6-8-16)22(3,4)28/h9-12,15-16,28H,5-8H2,1-4H3,(H,26,27)/t15-,16-. The number of halogens is 2. The Morgan fingerprint density at radius 2 is 1.82 bits per heavy atom. The van der Waals surface area contributed by atoms with E-state index in [1.807, 2.05) is 13.8 Å². The first-order valence-corrected chi connectivity index (χ1v) is 10.1. The van der Waals surface area contributed by atoms with Gasteiger partial charge in [0.2, 0.25) is 0 Å². The van der Waals surface area contributed by atoms with Gasteiger partial charge in [-0.05, 0) is 77.5 Å². The highest BCUT2D eigenvalue weighted by Gasteiger charge is 2.32. The minimum atomic E-state index is -1.56. The summed E-state index contributed by atoms with van der Waals surface area (Å²) in [4.78, 5) is 17.0. The number of aromatic nitrogens is 1. The van der Waals surface area contributed by atoms with Crippen LogP contribution in [0.3, 0.4) is 0 Å². The van der Waals surface area contributed by atoms with Crippen molar-refractivity contribution in [1.82, 2.24) is 10.3 Å². The summed E-state index contributed by atoms with van der Waals surface area (Å²) in [5.74, 6) is 0.0891. The van der Waals surface area contributed by atoms with Crippen molar-refractivity contribution in [3.8, 4) is 0 Å². The van der Waals surface area contributed by atoms with E-state index in [1.165, 1.54) is 20.0 Å². The molecule has 152 valence electrons. The number of nitrogens with zero attached hydrogens (tertiary/aromatic N) is 1. The average Bonchev–Trinajstić information content (AvgIpc) is 2.59. The third-order valence-corrected chi connectivity index (χ3v) is 6.05. The predicted molar refractivity (Wildman–Crippen MR) is 110 cm³/mol. The summed E-state index contributed by atoms with van der Waals surface area (Å²) >= 11 is 6.24. The van der Waals surface area contributed by atoms with Crippen LogP contribution in [-0.4, -0.2) is 27.6 Å². The number of rotatable bonds is 4. The van der Waals surface area contributed by atoms with Gasteiger partial charge in [0.05, 0.1) is 16.7 Å². The number of pyridine rings is 1. The molecule has 0 unspecified atom stereocenters. The van der Waals surface area contributed by atoms with Crippen molar-refractivity contribution in [3.63, 3.8) is 0 Å². The number of hydrogen-bond acceptors (Lipinski definition) is 3. The fourth-order valence-corrected chi connectivity index (χ4v) is 4.34. The van der Waals surface area contributed by atoms with Crippen LogP contribution in [0.5, 0.6) is 0 Å². The molecule has 1 fully saturated rings. The number of carbonyl (C=O) groups excluding carboxylic acids is 1. The van der Waals surface area contributed by atoms with Crippen LogP contribution in [0.15, 0.2) is 24.4 Å². The van der Waals surface area contributed by atoms with Crippen molar-refractivity contribution in [2.24, 2.45) is 5.92 Å². The van der Waals surface area contributed by atoms with Gasteiger partial charge in [-0.1, -0.05) is 11.6 Å². The first kappa shape index (κ1) is 21.0. The first-order chi connectivity index (χ1) is 12.9. The highest BCUT2D eigenvalue weighted by Crippen LogP contribution is 2.34. The van der Waals surface area contributed by atoms with Gasteiger partial charge in [-0.2, -0.15) is 0 Å². The monoisotopic (exact) mass is 406 g/mol. The molecule has 1 saturated carbocycles. The number of amides is 1. The molecule has 1 aromatic carbocycles. The molecular formula is C22H28ClFN2O2. The van der Waals surface area contributed by atoms with Crippen LogP contribution >= 0.6 is 11.6 Å². The third kappa shape index (κ3) is 4.64. The summed E-state index contributed by atoms with van der Waals surface area (Å²) in [6.07, 6.45) is 5.00. The normalized spacial score (nSPS) is 21.0. The van der Waals surface area contributed by atoms with Crippen molar-refractivity contribution in [2.75, 3.05) is 0 Å². The average molecular weight is 407 g/mol. The Balaban J connectivity index is 1.73. The number of aliphatic hydroxyl groups is 1. The van der Waals surface area contributed by atoms with Gasteiger partial charge < -0.3 is 10.4 Å². The molecule has 0 spiro atoms. The zero-order valence-electron chi connectivity index (χ0n) is 16.9. The lowest BCUT2D eigenvalue weighted by atomic mass is 9.77. The van der Waals surface area contributed by atoms with Crippen molar-refractivity contribution in [1.29, 1.82) is 0 Å². The van der Waals surface area contributed by atoms with Crippen LogP contribution in [0.25, 0.3) is 10.9 Å². The topological polar surface area (TPSA) is 62.2 Å². The fourth-order valence-electron chi connectivity index (χ4n) is 3.94. The van der Waals surface area contributed by atoms with Crippen molar-refractivity contribution in [3.05, 3.63) is 40.5 Å². The van der Waals surface area contributed by atoms with Crippen LogP contribution in [0.1, 0.15) is 69.3 Å². The molecule has 2 aromatic rings. The van der Waals surface area contributed by atoms with Gasteiger partial charge in [-0.15, -0.1) is 0 Å². The van der Waals surface area contributed by atoms with E-state index in [4.69, 9.17) is 11.6 Å². The smallest absolute Gasteiger partial charge is 0.253 e. The van der Waals surface area contributed by atoms with Gasteiger partial charge in [0.1, 0.15) is 5.67 Å². The Morgan fingerprint density at radius 3 is 2.39 bits per heavy atom. The Bertz CT molecular complexity index is 878. The molecule has 0 bridgehead atoms. The van der Waals surface area contributed by atoms with Gasteiger partial charge in [-0.3, -0.25) is 9.78 Å². The largest absolute Gasteiger partial charge is 0.390 e. The van der Waals surface area contributed by atoms with E-state index in [2.05, 4.69) is 10.3 Å². The van der Waals surface area contributed by atoms with Gasteiger partial charge in [0.15, 0.2) is 0 Å². The van der Waals surface area contributed by atoms with Crippen LogP contribution < -0.4 is 5.32 Å². The van der Waals surface area contributed by atoms with Gasteiger partial charge in [0.25, 0.3) is 5.91 Å². The van der Waals surface area contributed by atoms with E-state index >= 15 is 0 Å². The molecule has 4 nitrogen and oxygen atoms in total. The lowest BCUT2D eigenvalue weighted by molar-refractivity contribution is -0.00257. The number of carbonyl (C=O) groups is 1. The second-order valence-electron chi connectivity index (χ2n) is 8.90. The highest BCUT2D eigenvalue weighted by atomic mass is 35.5. The molecule has 0 saturated heterocycles. The van der Waals surface area contributed by atoms with E-state index in [9.17, 15) is 14.3 Å². The van der Waals surface area contributed by atoms with Crippen molar-refractivity contribution in [2.45, 2.75) is 70.7 Å². The van der Waals surface area contributed by atoms with E-state index in [-0.39, 0.29) is 17.9 Å². The molecular weight excluding hydrogens is 379 g/mol. The van der Waals surface area contributed by atoms with Crippen LogP contribution in [0, 0.1) is 5.92 Å². The van der Waals surface area contributed by atoms with Crippen LogP contribution in [-0.2, 0) is 5.67 Å². The van der Waals surface area contributed by atoms with E-state index in [0.717, 1.165) is 25.7 Å². The molecule has 6 heteroatoms. The maximum Gasteiger partial charge on any atom is 0.253 e. The maximum absolute atomic E-state index is 14.3. The molecule has 3 rings (SSSR count). The second kappa shape index (κ2) is 7.60. The van der Waals surface area contributed by atoms with E-state index in [1.54, 1.807) is 18.2 Å². The van der Waals surface area contributed by atoms with Gasteiger partial charge in [-0.25, -0.2) is 4.39 Å². The molecule has 0 aliphatic heterocycles. The molecule has 2 N–H and O–H groups in total. The molecule has 0 atom stereocenters. The number of alkyl halides is 1. The van der Waals surface area contributed by atoms with Crippen molar-refractivity contribution >= 4 is 28.4 Å². The quantitative estimate of drug-likeness (QED) is 0.737. The fraction of sp³-hybridized carbons (Fsp3) is 0.545. The zero-order valence-corrected chi connectivity index (χ0v) is 17.6. The predicted octanol–water partition coefficient (Wildman–Crippen LogP) is 5.15. The van der Waals surface area contributed by atoms with E-state index in [0.29, 0.717) is 27.1 Å². The summed E-state index contributed by atoms with van der Waals surface area (Å²) in [5, 5.41) is 14.2. The zero-order chi connectivity index (χ0) is 20.7. The van der Waals surface area contributed by atoms with Gasteiger partial charge in [0, 0.05) is 28.2 Å². The van der Waals surface area contributed by atoms with Crippen LogP contribution in [0.4, 0.5) is 4.39 Å². The number of benzene rings is 1. The summed E-state index contributed by atoms with van der Waals surface area (Å²) in [6.45, 7) is 6.60. The molecule has 1 amide bonds. The Hall–Kier alpha value is -1.72.